The van der Waals surface area contributed by atoms with Crippen molar-refractivity contribution in [3.63, 3.8) is 0 Å². The molecule has 3 aromatic rings. The summed E-state index contributed by atoms with van der Waals surface area (Å²) in [7, 11) is 1.64. The number of aryl methyl sites for hydroxylation is 1. The number of rotatable bonds is 11. The predicted molar refractivity (Wildman–Crippen MR) is 111 cm³/mol. The molecule has 0 unspecified atom stereocenters. The van der Waals surface area contributed by atoms with Gasteiger partial charge in [-0.3, -0.25) is 14.0 Å². The molecule has 12 heteroatoms. The number of carbonyl (C=O) groups excluding carboxylic acids is 1. The molecule has 0 aromatic carbocycles. The lowest BCUT2D eigenvalue weighted by Crippen LogP contribution is -2.15. The summed E-state index contributed by atoms with van der Waals surface area (Å²) in [5, 5.41) is 18.8. The van der Waals surface area contributed by atoms with Crippen LogP contribution in [-0.2, 0) is 22.6 Å². The van der Waals surface area contributed by atoms with Gasteiger partial charge in [0.1, 0.15) is 5.56 Å². The fourth-order valence-electron chi connectivity index (χ4n) is 2.51. The molecule has 0 radical (unpaired) electrons. The lowest BCUT2D eigenvalue weighted by Gasteiger charge is -2.09. The first kappa shape index (κ1) is 21.3. The van der Waals surface area contributed by atoms with E-state index in [0.717, 1.165) is 5.56 Å². The lowest BCUT2D eigenvalue weighted by molar-refractivity contribution is -0.113. The molecule has 0 atom stereocenters. The quantitative estimate of drug-likeness (QED) is 0.456. The number of thiazole rings is 1. The number of hydrogen-bond donors (Lipinski definition) is 1. The van der Waals surface area contributed by atoms with Crippen molar-refractivity contribution in [2.24, 2.45) is 0 Å². The van der Waals surface area contributed by atoms with Gasteiger partial charge in [0.25, 0.3) is 0 Å². The molecular formula is C17H23N7O3S2. The van der Waals surface area contributed by atoms with Crippen LogP contribution in [-0.4, -0.2) is 61.5 Å². The topological polar surface area (TPSA) is 109 Å². The van der Waals surface area contributed by atoms with Gasteiger partial charge in [-0.2, -0.15) is 0 Å². The SMILES string of the molecule is CCOc1nn(CC)cc1-c1nnc(SCC(=O)Nc2nccs2)n1CCOC. The molecule has 0 saturated heterocycles. The van der Waals surface area contributed by atoms with Crippen molar-refractivity contribution in [2.45, 2.75) is 32.1 Å². The number of aromatic nitrogens is 6. The Morgan fingerprint density at radius 2 is 2.21 bits per heavy atom. The standard InChI is InChI=1S/C17H23N7O3S2/c1-4-23-10-12(15(22-23)27-5-2)14-20-21-17(24(14)7-8-26-3)29-11-13(25)19-16-18-6-9-28-16/h6,9-10H,4-5,7-8,11H2,1-3H3,(H,18,19,25). The van der Waals surface area contributed by atoms with Crippen molar-refractivity contribution in [1.82, 2.24) is 29.5 Å². The molecular weight excluding hydrogens is 414 g/mol. The molecule has 0 aliphatic heterocycles. The Morgan fingerprint density at radius 1 is 1.34 bits per heavy atom. The Bertz CT molecular complexity index is 924. The maximum Gasteiger partial charge on any atom is 0.243 e. The average molecular weight is 438 g/mol. The van der Waals surface area contributed by atoms with Crippen LogP contribution in [0.25, 0.3) is 11.4 Å². The van der Waals surface area contributed by atoms with E-state index in [4.69, 9.17) is 9.47 Å². The molecule has 1 amide bonds. The molecule has 29 heavy (non-hydrogen) atoms. The van der Waals surface area contributed by atoms with Gasteiger partial charge in [-0.05, 0) is 13.8 Å². The van der Waals surface area contributed by atoms with Gasteiger partial charge in [-0.1, -0.05) is 11.8 Å². The number of ether oxygens (including phenoxy) is 2. The van der Waals surface area contributed by atoms with E-state index in [0.29, 0.717) is 48.3 Å². The third kappa shape index (κ3) is 5.34. The number of anilines is 1. The van der Waals surface area contributed by atoms with Crippen molar-refractivity contribution in [3.05, 3.63) is 17.8 Å². The van der Waals surface area contributed by atoms with Gasteiger partial charge in [-0.25, -0.2) is 4.98 Å². The third-order valence-electron chi connectivity index (χ3n) is 3.82. The molecule has 0 saturated carbocycles. The number of nitrogens with zero attached hydrogens (tertiary/aromatic N) is 6. The van der Waals surface area contributed by atoms with Crippen LogP contribution in [0.5, 0.6) is 5.88 Å². The Kier molecular flexibility index (Phi) is 7.61. The monoisotopic (exact) mass is 437 g/mol. The highest BCUT2D eigenvalue weighted by Crippen LogP contribution is 2.30. The van der Waals surface area contributed by atoms with Gasteiger partial charge in [0.2, 0.25) is 11.8 Å². The minimum Gasteiger partial charge on any atom is -0.476 e. The lowest BCUT2D eigenvalue weighted by atomic mass is 10.3. The van der Waals surface area contributed by atoms with Crippen LogP contribution >= 0.6 is 23.1 Å². The fraction of sp³-hybridized carbons (Fsp3) is 0.471. The van der Waals surface area contributed by atoms with Gasteiger partial charge < -0.3 is 14.8 Å². The summed E-state index contributed by atoms with van der Waals surface area (Å²) in [5.74, 6) is 1.19. The van der Waals surface area contributed by atoms with E-state index in [-0.39, 0.29) is 11.7 Å². The first-order valence-corrected chi connectivity index (χ1v) is 11.0. The minimum absolute atomic E-state index is 0.151. The van der Waals surface area contributed by atoms with E-state index in [1.54, 1.807) is 18.0 Å². The van der Waals surface area contributed by atoms with Gasteiger partial charge in [0.15, 0.2) is 16.1 Å². The molecule has 0 bridgehead atoms. The summed E-state index contributed by atoms with van der Waals surface area (Å²) in [6.07, 6.45) is 3.54. The van der Waals surface area contributed by atoms with Crippen molar-refractivity contribution >= 4 is 34.1 Å². The van der Waals surface area contributed by atoms with Crippen LogP contribution in [0.2, 0.25) is 0 Å². The first-order valence-electron chi connectivity index (χ1n) is 9.11. The summed E-state index contributed by atoms with van der Waals surface area (Å²) in [6, 6.07) is 0. The first-order chi connectivity index (χ1) is 14.2. The Morgan fingerprint density at radius 3 is 2.90 bits per heavy atom. The zero-order chi connectivity index (χ0) is 20.6. The van der Waals surface area contributed by atoms with Gasteiger partial charge in [-0.15, -0.1) is 26.6 Å². The molecule has 156 valence electrons. The van der Waals surface area contributed by atoms with Crippen LogP contribution in [0.4, 0.5) is 5.13 Å². The van der Waals surface area contributed by atoms with E-state index in [2.05, 4.69) is 25.6 Å². The summed E-state index contributed by atoms with van der Waals surface area (Å²) >= 11 is 2.68. The molecule has 0 aliphatic rings. The summed E-state index contributed by atoms with van der Waals surface area (Å²) in [6.45, 7) is 6.15. The molecule has 0 fully saturated rings. The minimum atomic E-state index is -0.151. The number of thioether (sulfide) groups is 1. The molecule has 1 N–H and O–H groups in total. The van der Waals surface area contributed by atoms with Crippen LogP contribution < -0.4 is 10.1 Å². The molecule has 0 aliphatic carbocycles. The normalized spacial score (nSPS) is 11.0. The van der Waals surface area contributed by atoms with Gasteiger partial charge in [0, 0.05) is 31.4 Å². The summed E-state index contributed by atoms with van der Waals surface area (Å²) in [5.41, 5.74) is 0.761. The molecule has 10 nitrogen and oxygen atoms in total. The van der Waals surface area contributed by atoms with Crippen molar-refractivity contribution in [1.29, 1.82) is 0 Å². The molecule has 3 rings (SSSR count). The zero-order valence-electron chi connectivity index (χ0n) is 16.5. The van der Waals surface area contributed by atoms with E-state index < -0.39 is 0 Å². The highest BCUT2D eigenvalue weighted by Gasteiger charge is 2.21. The molecule has 3 aromatic heterocycles. The fourth-order valence-corrected chi connectivity index (χ4v) is 3.82. The zero-order valence-corrected chi connectivity index (χ0v) is 18.1. The van der Waals surface area contributed by atoms with Crippen molar-refractivity contribution in [2.75, 3.05) is 31.4 Å². The van der Waals surface area contributed by atoms with Crippen LogP contribution in [0, 0.1) is 0 Å². The summed E-state index contributed by atoms with van der Waals surface area (Å²) in [4.78, 5) is 16.2. The maximum atomic E-state index is 12.2. The third-order valence-corrected chi connectivity index (χ3v) is 5.48. The summed E-state index contributed by atoms with van der Waals surface area (Å²) < 4.78 is 14.6. The van der Waals surface area contributed by atoms with Crippen LogP contribution in [0.3, 0.4) is 0 Å². The highest BCUT2D eigenvalue weighted by molar-refractivity contribution is 7.99. The second kappa shape index (κ2) is 10.4. The van der Waals surface area contributed by atoms with Crippen molar-refractivity contribution in [3.8, 4) is 17.3 Å². The van der Waals surface area contributed by atoms with Crippen LogP contribution in [0.1, 0.15) is 13.8 Å². The second-order valence-corrected chi connectivity index (χ2v) is 7.60. The van der Waals surface area contributed by atoms with Gasteiger partial charge >= 0.3 is 0 Å². The molecule has 3 heterocycles. The van der Waals surface area contributed by atoms with Crippen molar-refractivity contribution < 1.29 is 14.3 Å². The van der Waals surface area contributed by atoms with Gasteiger partial charge in [0.05, 0.1) is 25.5 Å². The average Bonchev–Trinajstić information content (AvgIpc) is 3.45. The number of nitrogens with one attached hydrogen (secondary N) is 1. The van der Waals surface area contributed by atoms with E-state index in [1.165, 1.54) is 23.1 Å². The smallest absolute Gasteiger partial charge is 0.243 e. The van der Waals surface area contributed by atoms with E-state index >= 15 is 0 Å². The number of methoxy groups -OCH3 is 1. The van der Waals surface area contributed by atoms with Crippen LogP contribution in [0.15, 0.2) is 22.9 Å². The number of carbonyl (C=O) groups is 1. The number of amides is 1. The Balaban J connectivity index is 1.81. The Hall–Kier alpha value is -2.44. The second-order valence-electron chi connectivity index (χ2n) is 5.76. The molecule has 0 spiro atoms. The predicted octanol–water partition coefficient (Wildman–Crippen LogP) is 2.39. The van der Waals surface area contributed by atoms with E-state index in [1.807, 2.05) is 30.0 Å². The maximum absolute atomic E-state index is 12.2. The van der Waals surface area contributed by atoms with E-state index in [9.17, 15) is 4.79 Å². The largest absolute Gasteiger partial charge is 0.476 e. The Labute approximate surface area is 176 Å². The number of hydrogen-bond acceptors (Lipinski definition) is 9. The highest BCUT2D eigenvalue weighted by atomic mass is 32.2.